The van der Waals surface area contributed by atoms with Gasteiger partial charge in [0.15, 0.2) is 5.17 Å². The highest BCUT2D eigenvalue weighted by Crippen LogP contribution is 2.48. The molecule has 1 unspecified atom stereocenters. The third kappa shape index (κ3) is 5.87. The van der Waals surface area contributed by atoms with Gasteiger partial charge in [0.2, 0.25) is 11.8 Å². The fourth-order valence-electron chi connectivity index (χ4n) is 5.33. The van der Waals surface area contributed by atoms with Crippen LogP contribution in [0.25, 0.3) is 5.70 Å². The first kappa shape index (κ1) is 29.2. The van der Waals surface area contributed by atoms with E-state index in [9.17, 15) is 14.4 Å². The van der Waals surface area contributed by atoms with Crippen LogP contribution >= 0.6 is 11.8 Å². The molecule has 3 aliphatic heterocycles. The van der Waals surface area contributed by atoms with Crippen molar-refractivity contribution >= 4 is 40.4 Å². The molecule has 42 heavy (non-hydrogen) atoms. The molecule has 1 saturated heterocycles. The van der Waals surface area contributed by atoms with E-state index in [0.717, 1.165) is 16.8 Å². The number of ether oxygens (including phenoxy) is 3. The predicted molar refractivity (Wildman–Crippen MR) is 161 cm³/mol. The number of carbonyl (C=O) groups excluding carboxylic acids is 3. The lowest BCUT2D eigenvalue weighted by atomic mass is 9.91. The smallest absolute Gasteiger partial charge is 0.338 e. The molecule has 2 aromatic carbocycles. The van der Waals surface area contributed by atoms with Gasteiger partial charge in [-0.1, -0.05) is 42.1 Å². The van der Waals surface area contributed by atoms with Crippen LogP contribution in [-0.2, 0) is 19.1 Å². The van der Waals surface area contributed by atoms with Gasteiger partial charge < -0.3 is 28.9 Å². The molecule has 0 spiro atoms. The second kappa shape index (κ2) is 12.7. The minimum atomic E-state index is -0.667. The Morgan fingerprint density at radius 3 is 2.19 bits per heavy atom. The molecule has 2 aromatic rings. The number of benzene rings is 2. The topological polar surface area (TPSA) is 101 Å². The van der Waals surface area contributed by atoms with Gasteiger partial charge in [-0.05, 0) is 30.0 Å². The third-order valence-electron chi connectivity index (χ3n) is 7.45. The number of piperazine rings is 1. The first-order valence-corrected chi connectivity index (χ1v) is 14.7. The zero-order chi connectivity index (χ0) is 29.8. The van der Waals surface area contributed by atoms with Crippen LogP contribution < -0.4 is 9.47 Å². The molecular formula is C31H34N4O6S. The van der Waals surface area contributed by atoms with E-state index in [1.165, 1.54) is 11.8 Å². The zero-order valence-electron chi connectivity index (χ0n) is 24.2. The van der Waals surface area contributed by atoms with Crippen LogP contribution in [0.3, 0.4) is 0 Å². The monoisotopic (exact) mass is 590 g/mol. The van der Waals surface area contributed by atoms with Crippen molar-refractivity contribution in [1.29, 1.82) is 0 Å². The SMILES string of the molecule is CCOC(=O)C1=C(c2ccccc2)N=C2SC=C(CC(=O)N3CCN(C(C)=O)CC3)N2C1c1cc(OC)cc(OC)c1. The molecule has 2 amide bonds. The summed E-state index contributed by atoms with van der Waals surface area (Å²) in [5.74, 6) is 0.595. The lowest BCUT2D eigenvalue weighted by Gasteiger charge is -2.38. The fourth-order valence-corrected chi connectivity index (χ4v) is 6.25. The molecule has 11 heteroatoms. The minimum absolute atomic E-state index is 0.00947. The van der Waals surface area contributed by atoms with Crippen molar-refractivity contribution in [3.63, 3.8) is 0 Å². The molecule has 10 nitrogen and oxygen atoms in total. The summed E-state index contributed by atoms with van der Waals surface area (Å²) in [5, 5.41) is 2.57. The normalized spacial score (nSPS) is 18.3. The fraction of sp³-hybridized carbons (Fsp3) is 0.355. The van der Waals surface area contributed by atoms with Crippen molar-refractivity contribution in [2.45, 2.75) is 26.3 Å². The second-order valence-corrected chi connectivity index (χ2v) is 10.8. The van der Waals surface area contributed by atoms with E-state index < -0.39 is 12.0 Å². The quantitative estimate of drug-likeness (QED) is 0.425. The van der Waals surface area contributed by atoms with E-state index in [1.54, 1.807) is 43.9 Å². The largest absolute Gasteiger partial charge is 0.497 e. The van der Waals surface area contributed by atoms with Gasteiger partial charge in [0.05, 0.1) is 44.6 Å². The summed E-state index contributed by atoms with van der Waals surface area (Å²) in [6, 6.07) is 14.4. The van der Waals surface area contributed by atoms with E-state index in [-0.39, 0.29) is 24.8 Å². The number of aliphatic imine (C=N–C) groups is 1. The first-order chi connectivity index (χ1) is 20.3. The van der Waals surface area contributed by atoms with E-state index in [1.807, 2.05) is 52.8 Å². The van der Waals surface area contributed by atoms with Crippen molar-refractivity contribution in [1.82, 2.24) is 14.7 Å². The average molecular weight is 591 g/mol. The second-order valence-electron chi connectivity index (χ2n) is 9.95. The standard InChI is InChI=1S/C31H34N4O6S/c1-5-41-30(38)27-28(21-9-7-6-8-10-21)32-31-35(29(27)22-15-24(39-3)18-25(16-22)40-4)23(19-42-31)17-26(37)34-13-11-33(12-14-34)20(2)36/h6-10,15-16,18-19,29H,5,11-14,17H2,1-4H3. The number of rotatable bonds is 8. The number of fused-ring (bicyclic) bond motifs is 1. The number of esters is 1. The molecule has 0 aromatic heterocycles. The zero-order valence-corrected chi connectivity index (χ0v) is 25.0. The van der Waals surface area contributed by atoms with Gasteiger partial charge in [-0.2, -0.15) is 0 Å². The summed E-state index contributed by atoms with van der Waals surface area (Å²) >= 11 is 1.41. The number of hydrogen-bond acceptors (Lipinski definition) is 9. The molecule has 0 saturated carbocycles. The Morgan fingerprint density at radius 2 is 1.60 bits per heavy atom. The molecule has 3 aliphatic rings. The highest BCUT2D eigenvalue weighted by Gasteiger charge is 2.43. The maximum Gasteiger partial charge on any atom is 0.338 e. The third-order valence-corrected chi connectivity index (χ3v) is 8.34. The van der Waals surface area contributed by atoms with E-state index in [4.69, 9.17) is 19.2 Å². The number of carbonyl (C=O) groups is 3. The van der Waals surface area contributed by atoms with Crippen LogP contribution in [-0.4, -0.2) is 84.7 Å². The number of hydrogen-bond donors (Lipinski definition) is 0. The van der Waals surface area contributed by atoms with Gasteiger partial charge in [-0.3, -0.25) is 9.59 Å². The number of thioether (sulfide) groups is 1. The van der Waals surface area contributed by atoms with Crippen molar-refractivity contribution < 1.29 is 28.6 Å². The highest BCUT2D eigenvalue weighted by molar-refractivity contribution is 8.16. The van der Waals surface area contributed by atoms with Crippen LogP contribution in [0, 0.1) is 0 Å². The number of amidine groups is 1. The van der Waals surface area contributed by atoms with Crippen molar-refractivity contribution in [3.05, 3.63) is 76.3 Å². The van der Waals surface area contributed by atoms with Gasteiger partial charge in [0.1, 0.15) is 11.5 Å². The predicted octanol–water partition coefficient (Wildman–Crippen LogP) is 4.06. The van der Waals surface area contributed by atoms with Crippen LogP contribution in [0.1, 0.15) is 37.4 Å². The van der Waals surface area contributed by atoms with Gasteiger partial charge in [-0.15, -0.1) is 0 Å². The van der Waals surface area contributed by atoms with Gasteiger partial charge in [0.25, 0.3) is 0 Å². The Labute approximate surface area is 249 Å². The number of nitrogens with zero attached hydrogens (tertiary/aromatic N) is 4. The molecular weight excluding hydrogens is 556 g/mol. The van der Waals surface area contributed by atoms with Crippen LogP contribution in [0.4, 0.5) is 0 Å². The molecule has 0 radical (unpaired) electrons. The van der Waals surface area contributed by atoms with Crippen molar-refractivity contribution in [2.24, 2.45) is 4.99 Å². The number of amides is 2. The Balaban J connectivity index is 1.58. The Morgan fingerprint density at radius 1 is 0.952 bits per heavy atom. The number of methoxy groups -OCH3 is 2. The summed E-state index contributed by atoms with van der Waals surface area (Å²) in [6.45, 7) is 5.47. The molecule has 0 aliphatic carbocycles. The molecule has 3 heterocycles. The molecule has 220 valence electrons. The highest BCUT2D eigenvalue weighted by atomic mass is 32.2. The van der Waals surface area contributed by atoms with Gasteiger partial charge in [0, 0.05) is 50.4 Å². The van der Waals surface area contributed by atoms with E-state index >= 15 is 0 Å². The van der Waals surface area contributed by atoms with E-state index in [0.29, 0.717) is 54.1 Å². The van der Waals surface area contributed by atoms with Gasteiger partial charge >= 0.3 is 5.97 Å². The maximum atomic E-state index is 13.8. The maximum absolute atomic E-state index is 13.8. The first-order valence-electron chi connectivity index (χ1n) is 13.8. The minimum Gasteiger partial charge on any atom is -0.497 e. The summed E-state index contributed by atoms with van der Waals surface area (Å²) in [7, 11) is 3.15. The average Bonchev–Trinajstić information content (AvgIpc) is 3.42. The summed E-state index contributed by atoms with van der Waals surface area (Å²) in [5.41, 5.74) is 3.10. The lowest BCUT2D eigenvalue weighted by Crippen LogP contribution is -2.50. The molecule has 5 rings (SSSR count). The molecule has 1 atom stereocenters. The van der Waals surface area contributed by atoms with Crippen LogP contribution in [0.15, 0.2) is 70.2 Å². The van der Waals surface area contributed by atoms with Crippen LogP contribution in [0.2, 0.25) is 0 Å². The van der Waals surface area contributed by atoms with Crippen LogP contribution in [0.5, 0.6) is 11.5 Å². The molecule has 1 fully saturated rings. The van der Waals surface area contributed by atoms with Crippen molar-refractivity contribution in [2.75, 3.05) is 47.0 Å². The molecule has 0 N–H and O–H groups in total. The summed E-state index contributed by atoms with van der Waals surface area (Å²) in [4.78, 5) is 49.5. The lowest BCUT2D eigenvalue weighted by molar-refractivity contribution is -0.139. The van der Waals surface area contributed by atoms with E-state index in [2.05, 4.69) is 0 Å². The Hall–Kier alpha value is -4.25. The van der Waals surface area contributed by atoms with Crippen molar-refractivity contribution in [3.8, 4) is 11.5 Å². The summed E-state index contributed by atoms with van der Waals surface area (Å²) < 4.78 is 16.8. The molecule has 0 bridgehead atoms. The Kier molecular flexibility index (Phi) is 8.86. The van der Waals surface area contributed by atoms with Gasteiger partial charge in [-0.25, -0.2) is 9.79 Å². The Bertz CT molecular complexity index is 1440. The summed E-state index contributed by atoms with van der Waals surface area (Å²) in [6.07, 6.45) is 0.112.